The number of rotatable bonds is 8. The minimum atomic E-state index is -0.695. The molecule has 2 fully saturated rings. The first-order valence-electron chi connectivity index (χ1n) is 13.0. The molecule has 1 saturated carbocycles. The molecule has 1 saturated heterocycles. The average Bonchev–Trinajstić information content (AvgIpc) is 2.86. The number of carbonyl (C=O) groups excluding carboxylic acids is 2. The standard InChI is InChI=1S/C29H37ClN2O4/c1-19(2)36-25-14-9-22(17-26(25)35-4)28-29(34)32(24-12-5-20(3)6-13-24)18-27(33)31(28)16-15-21-7-10-23(30)11-8-21/h7-11,14,17,19-20,24,28H,5-6,12-13,15-16,18H2,1-4H3/t20?,24?,28-/m0/s1. The number of methoxy groups -OCH3 is 1. The van der Waals surface area contributed by atoms with Crippen molar-refractivity contribution in [3.8, 4) is 11.5 Å². The van der Waals surface area contributed by atoms with Crippen LogP contribution in [0.4, 0.5) is 0 Å². The van der Waals surface area contributed by atoms with Crippen molar-refractivity contribution in [2.45, 2.75) is 71.1 Å². The van der Waals surface area contributed by atoms with E-state index in [0.717, 1.165) is 36.8 Å². The quantitative estimate of drug-likeness (QED) is 0.457. The normalized spacial score (nSPS) is 22.8. The number of hydrogen-bond donors (Lipinski definition) is 0. The summed E-state index contributed by atoms with van der Waals surface area (Å²) in [6, 6.07) is 12.6. The number of ether oxygens (including phenoxy) is 2. The van der Waals surface area contributed by atoms with Crippen molar-refractivity contribution in [3.63, 3.8) is 0 Å². The maximum atomic E-state index is 14.0. The summed E-state index contributed by atoms with van der Waals surface area (Å²) in [7, 11) is 1.59. The van der Waals surface area contributed by atoms with E-state index in [9.17, 15) is 9.59 Å². The first kappa shape index (κ1) is 26.3. The fourth-order valence-electron chi connectivity index (χ4n) is 5.29. The summed E-state index contributed by atoms with van der Waals surface area (Å²) in [6.07, 6.45) is 4.69. The maximum absolute atomic E-state index is 14.0. The van der Waals surface area contributed by atoms with Crippen LogP contribution < -0.4 is 9.47 Å². The van der Waals surface area contributed by atoms with Gasteiger partial charge in [-0.2, -0.15) is 0 Å². The lowest BCUT2D eigenvalue weighted by Gasteiger charge is -2.45. The monoisotopic (exact) mass is 512 g/mol. The summed E-state index contributed by atoms with van der Waals surface area (Å²) in [4.78, 5) is 31.1. The zero-order chi connectivity index (χ0) is 25.8. The van der Waals surface area contributed by atoms with E-state index < -0.39 is 6.04 Å². The van der Waals surface area contributed by atoms with Gasteiger partial charge in [0, 0.05) is 17.6 Å². The molecular formula is C29H37ClN2O4. The fraction of sp³-hybridized carbons (Fsp3) is 0.517. The first-order chi connectivity index (χ1) is 17.3. The molecule has 2 aliphatic rings. The van der Waals surface area contributed by atoms with E-state index in [2.05, 4.69) is 6.92 Å². The highest BCUT2D eigenvalue weighted by atomic mass is 35.5. The molecule has 6 nitrogen and oxygen atoms in total. The van der Waals surface area contributed by atoms with Crippen molar-refractivity contribution in [3.05, 3.63) is 58.6 Å². The molecule has 0 spiro atoms. The molecule has 1 heterocycles. The van der Waals surface area contributed by atoms with Crippen LogP contribution in [0.5, 0.6) is 11.5 Å². The Morgan fingerprint density at radius 2 is 1.69 bits per heavy atom. The van der Waals surface area contributed by atoms with Crippen LogP contribution in [-0.4, -0.2) is 54.0 Å². The second-order valence-corrected chi connectivity index (χ2v) is 10.8. The van der Waals surface area contributed by atoms with E-state index in [1.807, 2.05) is 61.2 Å². The van der Waals surface area contributed by atoms with Crippen molar-refractivity contribution < 1.29 is 19.1 Å². The van der Waals surface area contributed by atoms with E-state index in [1.54, 1.807) is 12.0 Å². The van der Waals surface area contributed by atoms with E-state index in [1.165, 1.54) is 0 Å². The Labute approximate surface area is 219 Å². The second-order valence-electron chi connectivity index (χ2n) is 10.3. The van der Waals surface area contributed by atoms with E-state index in [4.69, 9.17) is 21.1 Å². The number of hydrogen-bond acceptors (Lipinski definition) is 4. The molecular weight excluding hydrogens is 476 g/mol. The third kappa shape index (κ3) is 5.97. The Kier molecular flexibility index (Phi) is 8.45. The molecule has 0 aromatic heterocycles. The van der Waals surface area contributed by atoms with Gasteiger partial charge >= 0.3 is 0 Å². The number of nitrogens with zero attached hydrogens (tertiary/aromatic N) is 2. The molecule has 194 valence electrons. The summed E-state index contributed by atoms with van der Waals surface area (Å²) in [5.41, 5.74) is 1.81. The van der Waals surface area contributed by atoms with E-state index in [0.29, 0.717) is 35.4 Å². The highest BCUT2D eigenvalue weighted by Gasteiger charge is 2.43. The van der Waals surface area contributed by atoms with Crippen molar-refractivity contribution in [2.75, 3.05) is 20.2 Å². The molecule has 1 atom stereocenters. The Balaban J connectivity index is 1.65. The van der Waals surface area contributed by atoms with Crippen LogP contribution in [0.1, 0.15) is 63.6 Å². The molecule has 36 heavy (non-hydrogen) atoms. The maximum Gasteiger partial charge on any atom is 0.250 e. The second kappa shape index (κ2) is 11.5. The van der Waals surface area contributed by atoms with Crippen LogP contribution in [0.2, 0.25) is 5.02 Å². The van der Waals surface area contributed by atoms with Gasteiger partial charge in [0.15, 0.2) is 11.5 Å². The van der Waals surface area contributed by atoms with E-state index >= 15 is 0 Å². The molecule has 0 N–H and O–H groups in total. The zero-order valence-electron chi connectivity index (χ0n) is 21.7. The van der Waals surface area contributed by atoms with Gasteiger partial charge in [-0.15, -0.1) is 0 Å². The molecule has 1 aliphatic heterocycles. The molecule has 0 unspecified atom stereocenters. The summed E-state index contributed by atoms with van der Waals surface area (Å²) in [6.45, 7) is 6.75. The Morgan fingerprint density at radius 1 is 1.00 bits per heavy atom. The lowest BCUT2D eigenvalue weighted by Crippen LogP contribution is -2.59. The molecule has 4 rings (SSSR count). The van der Waals surface area contributed by atoms with Crippen LogP contribution >= 0.6 is 11.6 Å². The minimum Gasteiger partial charge on any atom is -0.493 e. The minimum absolute atomic E-state index is 0.00941. The number of halogens is 1. The van der Waals surface area contributed by atoms with Crippen molar-refractivity contribution >= 4 is 23.4 Å². The summed E-state index contributed by atoms with van der Waals surface area (Å²) < 4.78 is 11.5. The zero-order valence-corrected chi connectivity index (χ0v) is 22.5. The van der Waals surface area contributed by atoms with Crippen molar-refractivity contribution in [1.29, 1.82) is 0 Å². The highest BCUT2D eigenvalue weighted by molar-refractivity contribution is 6.30. The molecule has 7 heteroatoms. The van der Waals surface area contributed by atoms with Crippen LogP contribution in [0, 0.1) is 5.92 Å². The van der Waals surface area contributed by atoms with Gasteiger partial charge < -0.3 is 19.3 Å². The number of carbonyl (C=O) groups is 2. The lowest BCUT2D eigenvalue weighted by molar-refractivity contribution is -0.159. The SMILES string of the molecule is COc1cc([C@H]2C(=O)N(C3CCC(C)CC3)CC(=O)N2CCc2ccc(Cl)cc2)ccc1OC(C)C. The van der Waals surface area contributed by atoms with Gasteiger partial charge in [0.05, 0.1) is 13.2 Å². The Morgan fingerprint density at radius 3 is 2.33 bits per heavy atom. The first-order valence-corrected chi connectivity index (χ1v) is 13.3. The molecule has 0 bridgehead atoms. The van der Waals surface area contributed by atoms with Crippen LogP contribution in [0.3, 0.4) is 0 Å². The number of amides is 2. The third-order valence-corrected chi connectivity index (χ3v) is 7.55. The third-order valence-electron chi connectivity index (χ3n) is 7.30. The molecule has 2 aromatic rings. The predicted octanol–water partition coefficient (Wildman–Crippen LogP) is 5.67. The van der Waals surface area contributed by atoms with Gasteiger partial charge in [-0.25, -0.2) is 0 Å². The van der Waals surface area contributed by atoms with Crippen LogP contribution in [0.15, 0.2) is 42.5 Å². The van der Waals surface area contributed by atoms with Gasteiger partial charge in [0.1, 0.15) is 12.6 Å². The number of piperazine rings is 1. The summed E-state index contributed by atoms with van der Waals surface area (Å²) in [5, 5.41) is 0.675. The Hall–Kier alpha value is -2.73. The highest BCUT2D eigenvalue weighted by Crippen LogP contribution is 2.37. The molecule has 2 amide bonds. The number of benzene rings is 2. The van der Waals surface area contributed by atoms with E-state index in [-0.39, 0.29) is 30.5 Å². The predicted molar refractivity (Wildman–Crippen MR) is 142 cm³/mol. The summed E-state index contributed by atoms with van der Waals surface area (Å²) in [5.74, 6) is 1.82. The largest absolute Gasteiger partial charge is 0.493 e. The topological polar surface area (TPSA) is 59.1 Å². The van der Waals surface area contributed by atoms with Gasteiger partial charge in [-0.3, -0.25) is 9.59 Å². The lowest BCUT2D eigenvalue weighted by atomic mass is 9.85. The van der Waals surface area contributed by atoms with Crippen molar-refractivity contribution in [2.24, 2.45) is 5.92 Å². The Bertz CT molecular complexity index is 1060. The summed E-state index contributed by atoms with van der Waals surface area (Å²) >= 11 is 6.04. The van der Waals surface area contributed by atoms with Gasteiger partial charge in [0.25, 0.3) is 5.91 Å². The van der Waals surface area contributed by atoms with Gasteiger partial charge in [-0.1, -0.05) is 36.7 Å². The molecule has 2 aromatic carbocycles. The van der Waals surface area contributed by atoms with Crippen LogP contribution in [0.25, 0.3) is 0 Å². The average molecular weight is 513 g/mol. The van der Waals surface area contributed by atoms with Crippen molar-refractivity contribution in [1.82, 2.24) is 9.80 Å². The van der Waals surface area contributed by atoms with Gasteiger partial charge in [0.2, 0.25) is 5.91 Å². The molecule has 1 aliphatic carbocycles. The van der Waals surface area contributed by atoms with Gasteiger partial charge in [-0.05, 0) is 87.3 Å². The molecule has 0 radical (unpaired) electrons. The smallest absolute Gasteiger partial charge is 0.250 e. The fourth-order valence-corrected chi connectivity index (χ4v) is 5.42. The van der Waals surface area contributed by atoms with Crippen LogP contribution in [-0.2, 0) is 16.0 Å².